The van der Waals surface area contributed by atoms with Crippen LogP contribution < -0.4 is 10.2 Å². The maximum atomic E-state index is 13.5. The first kappa shape index (κ1) is 19.2. The van der Waals surface area contributed by atoms with Gasteiger partial charge in [0, 0.05) is 18.4 Å². The van der Waals surface area contributed by atoms with Gasteiger partial charge in [0.05, 0.1) is 5.52 Å². The van der Waals surface area contributed by atoms with Crippen molar-refractivity contribution in [1.29, 1.82) is 0 Å². The van der Waals surface area contributed by atoms with Crippen molar-refractivity contribution in [1.82, 2.24) is 15.1 Å². The summed E-state index contributed by atoms with van der Waals surface area (Å²) in [7, 11) is 0. The molecule has 9 heteroatoms. The molecule has 1 aliphatic heterocycles. The molecule has 0 aliphatic carbocycles. The molecular formula is C18H21F3N4O2. The molecule has 1 aromatic heterocycles. The van der Waals surface area contributed by atoms with Gasteiger partial charge in [-0.25, -0.2) is 4.79 Å². The fourth-order valence-electron chi connectivity index (χ4n) is 3.17. The molecule has 1 unspecified atom stereocenters. The molecule has 1 N–H and O–H groups in total. The van der Waals surface area contributed by atoms with E-state index in [0.717, 1.165) is 11.6 Å². The van der Waals surface area contributed by atoms with Gasteiger partial charge in [0.1, 0.15) is 6.04 Å². The lowest BCUT2D eigenvalue weighted by Gasteiger charge is -2.25. The number of benzene rings is 1. The van der Waals surface area contributed by atoms with Crippen molar-refractivity contribution in [2.45, 2.75) is 51.7 Å². The highest BCUT2D eigenvalue weighted by atomic mass is 19.4. The zero-order chi connectivity index (χ0) is 20.1. The Morgan fingerprint density at radius 2 is 1.85 bits per heavy atom. The van der Waals surface area contributed by atoms with Gasteiger partial charge in [-0.3, -0.25) is 19.7 Å². The maximum absolute atomic E-state index is 13.5. The summed E-state index contributed by atoms with van der Waals surface area (Å²) in [6.45, 7) is 6.82. The third kappa shape index (κ3) is 3.38. The highest BCUT2D eigenvalue weighted by Gasteiger charge is 2.41. The minimum atomic E-state index is -4.50. The molecule has 1 atom stereocenters. The minimum absolute atomic E-state index is 0.0634. The van der Waals surface area contributed by atoms with Crippen molar-refractivity contribution >= 4 is 28.7 Å². The Kier molecular flexibility index (Phi) is 4.44. The topological polar surface area (TPSA) is 67.2 Å². The number of para-hydroxylation sites is 1. The summed E-state index contributed by atoms with van der Waals surface area (Å²) in [5, 5.41) is 6.81. The van der Waals surface area contributed by atoms with Gasteiger partial charge in [0.25, 0.3) is 0 Å². The van der Waals surface area contributed by atoms with E-state index in [2.05, 4.69) is 10.4 Å². The lowest BCUT2D eigenvalue weighted by molar-refractivity contribution is -0.164. The monoisotopic (exact) mass is 382 g/mol. The number of carbonyl (C=O) groups is 2. The number of hydrogen-bond donors (Lipinski definition) is 1. The standard InChI is InChI=1S/C18H21F3N4O2/c1-10(18(19,20)21)25-14-11(6-5-7-12(14)17(2,3)4)15(23-25)24-9-8-13(26)22-16(24)27/h5-7,10H,8-9H2,1-4H3,(H,22,26,27). The second kappa shape index (κ2) is 6.24. The molecule has 2 aromatic rings. The first-order valence-electron chi connectivity index (χ1n) is 8.61. The molecule has 1 fully saturated rings. The van der Waals surface area contributed by atoms with Crippen molar-refractivity contribution in [2.24, 2.45) is 0 Å². The molecule has 1 saturated heterocycles. The number of anilines is 1. The first-order chi connectivity index (χ1) is 12.4. The van der Waals surface area contributed by atoms with E-state index >= 15 is 0 Å². The summed E-state index contributed by atoms with van der Waals surface area (Å²) in [4.78, 5) is 24.9. The molecule has 2 heterocycles. The van der Waals surface area contributed by atoms with Crippen LogP contribution in [0.3, 0.4) is 0 Å². The van der Waals surface area contributed by atoms with Gasteiger partial charge in [0.2, 0.25) is 5.91 Å². The van der Waals surface area contributed by atoms with Crippen molar-refractivity contribution in [3.05, 3.63) is 23.8 Å². The molecule has 6 nitrogen and oxygen atoms in total. The van der Waals surface area contributed by atoms with E-state index < -0.39 is 29.6 Å². The van der Waals surface area contributed by atoms with Gasteiger partial charge >= 0.3 is 12.2 Å². The Labute approximate surface area is 154 Å². The molecule has 1 aliphatic rings. The van der Waals surface area contributed by atoms with E-state index in [1.807, 2.05) is 20.8 Å². The number of carbonyl (C=O) groups excluding carboxylic acids is 2. The van der Waals surface area contributed by atoms with Crippen molar-refractivity contribution in [3.63, 3.8) is 0 Å². The van der Waals surface area contributed by atoms with Crippen LogP contribution in [0.15, 0.2) is 18.2 Å². The molecule has 0 spiro atoms. The number of nitrogens with zero attached hydrogens (tertiary/aromatic N) is 3. The zero-order valence-electron chi connectivity index (χ0n) is 15.5. The van der Waals surface area contributed by atoms with Crippen molar-refractivity contribution in [2.75, 3.05) is 11.4 Å². The number of imide groups is 1. The number of rotatable bonds is 2. The third-order valence-electron chi connectivity index (χ3n) is 4.67. The normalized spacial score (nSPS) is 17.4. The molecule has 146 valence electrons. The van der Waals surface area contributed by atoms with Crippen LogP contribution in [0.1, 0.15) is 45.7 Å². The van der Waals surface area contributed by atoms with Crippen LogP contribution in [0.2, 0.25) is 0 Å². The highest BCUT2D eigenvalue weighted by Crippen LogP contribution is 2.39. The SMILES string of the molecule is CC(n1nc(N2CCC(=O)NC2=O)c2cccc(C(C)(C)C)c21)C(F)(F)F. The largest absolute Gasteiger partial charge is 0.410 e. The smallest absolute Gasteiger partial charge is 0.278 e. The number of nitrogens with one attached hydrogen (secondary N) is 1. The molecule has 0 bridgehead atoms. The van der Waals surface area contributed by atoms with Crippen LogP contribution in [0.4, 0.5) is 23.8 Å². The summed E-state index contributed by atoms with van der Waals surface area (Å²) in [5.41, 5.74) is 0.609. The molecule has 3 rings (SSSR count). The fraction of sp³-hybridized carbons (Fsp3) is 0.500. The molecule has 27 heavy (non-hydrogen) atoms. The minimum Gasteiger partial charge on any atom is -0.278 e. The van der Waals surface area contributed by atoms with E-state index in [4.69, 9.17) is 0 Å². The Bertz CT molecular complexity index is 912. The van der Waals surface area contributed by atoms with Gasteiger partial charge in [0.15, 0.2) is 5.82 Å². The van der Waals surface area contributed by atoms with E-state index in [-0.39, 0.29) is 18.8 Å². The van der Waals surface area contributed by atoms with Gasteiger partial charge in [-0.1, -0.05) is 32.9 Å². The summed E-state index contributed by atoms with van der Waals surface area (Å²) >= 11 is 0. The summed E-state index contributed by atoms with van der Waals surface area (Å²) in [6, 6.07) is 2.61. The molecule has 3 amide bonds. The Hall–Kier alpha value is -2.58. The average molecular weight is 382 g/mol. The molecule has 0 radical (unpaired) electrons. The summed E-state index contributed by atoms with van der Waals surface area (Å²) in [6.07, 6.45) is -4.44. The van der Waals surface area contributed by atoms with Crippen LogP contribution in [0, 0.1) is 0 Å². The number of hydrogen-bond acceptors (Lipinski definition) is 3. The van der Waals surface area contributed by atoms with Gasteiger partial charge in [-0.2, -0.15) is 18.3 Å². The van der Waals surface area contributed by atoms with Gasteiger partial charge in [-0.15, -0.1) is 0 Å². The second-order valence-corrected chi connectivity index (χ2v) is 7.69. The highest BCUT2D eigenvalue weighted by molar-refractivity contribution is 6.09. The lowest BCUT2D eigenvalue weighted by atomic mass is 9.85. The molecular weight excluding hydrogens is 361 g/mol. The Morgan fingerprint density at radius 1 is 1.19 bits per heavy atom. The number of alkyl halides is 3. The zero-order valence-corrected chi connectivity index (χ0v) is 15.5. The quantitative estimate of drug-likeness (QED) is 0.857. The number of urea groups is 1. The van der Waals surface area contributed by atoms with Gasteiger partial charge in [-0.05, 0) is 24.0 Å². The van der Waals surface area contributed by atoms with Crippen LogP contribution in [0.25, 0.3) is 10.9 Å². The predicted molar refractivity (Wildman–Crippen MR) is 94.7 cm³/mol. The number of fused-ring (bicyclic) bond motifs is 1. The third-order valence-corrected chi connectivity index (χ3v) is 4.67. The van der Waals surface area contributed by atoms with E-state index in [1.54, 1.807) is 18.2 Å². The average Bonchev–Trinajstić information content (AvgIpc) is 2.91. The van der Waals surface area contributed by atoms with E-state index in [0.29, 0.717) is 16.5 Å². The summed E-state index contributed by atoms with van der Waals surface area (Å²) in [5.74, 6) is -0.295. The van der Waals surface area contributed by atoms with Crippen LogP contribution in [-0.2, 0) is 10.2 Å². The number of amides is 3. The number of aromatic nitrogens is 2. The van der Waals surface area contributed by atoms with Crippen LogP contribution >= 0.6 is 0 Å². The predicted octanol–water partition coefficient (Wildman–Crippen LogP) is 3.90. The maximum Gasteiger partial charge on any atom is 0.410 e. The van der Waals surface area contributed by atoms with E-state index in [1.165, 1.54) is 4.90 Å². The first-order valence-corrected chi connectivity index (χ1v) is 8.61. The number of halogens is 3. The van der Waals surface area contributed by atoms with Crippen molar-refractivity contribution in [3.8, 4) is 0 Å². The van der Waals surface area contributed by atoms with Crippen LogP contribution in [0.5, 0.6) is 0 Å². The van der Waals surface area contributed by atoms with Gasteiger partial charge < -0.3 is 0 Å². The summed E-state index contributed by atoms with van der Waals surface area (Å²) < 4.78 is 41.4. The molecule has 0 saturated carbocycles. The Balaban J connectivity index is 2.28. The van der Waals surface area contributed by atoms with Crippen LogP contribution in [-0.4, -0.2) is 34.4 Å². The Morgan fingerprint density at radius 3 is 2.41 bits per heavy atom. The lowest BCUT2D eigenvalue weighted by Crippen LogP contribution is -2.49. The molecule has 1 aromatic carbocycles. The van der Waals surface area contributed by atoms with Crippen molar-refractivity contribution < 1.29 is 22.8 Å². The second-order valence-electron chi connectivity index (χ2n) is 7.69. The van der Waals surface area contributed by atoms with E-state index in [9.17, 15) is 22.8 Å². The fourth-order valence-corrected chi connectivity index (χ4v) is 3.17.